The van der Waals surface area contributed by atoms with Gasteiger partial charge in [0.2, 0.25) is 5.95 Å². The molecule has 2 N–H and O–H groups in total. The lowest BCUT2D eigenvalue weighted by Crippen LogP contribution is -2.21. The molecule has 0 saturated carbocycles. The van der Waals surface area contributed by atoms with E-state index in [0.717, 1.165) is 29.4 Å². The Morgan fingerprint density at radius 3 is 2.63 bits per heavy atom. The first kappa shape index (κ1) is 21.4. The van der Waals surface area contributed by atoms with E-state index in [-0.39, 0.29) is 11.7 Å². The highest BCUT2D eigenvalue weighted by Crippen LogP contribution is 2.32. The van der Waals surface area contributed by atoms with Crippen molar-refractivity contribution in [2.24, 2.45) is 7.05 Å². The van der Waals surface area contributed by atoms with Crippen molar-refractivity contribution in [1.82, 2.24) is 29.5 Å². The molecule has 35 heavy (non-hydrogen) atoms. The lowest BCUT2D eigenvalue weighted by molar-refractivity contribution is 0.0674. The second kappa shape index (κ2) is 8.58. The lowest BCUT2D eigenvalue weighted by Gasteiger charge is -2.22. The molecule has 4 heterocycles. The Bertz CT molecular complexity index is 1520. The van der Waals surface area contributed by atoms with Crippen molar-refractivity contribution >= 4 is 45.1 Å². The number of ether oxygens (including phenoxy) is 1. The number of aryl methyl sites for hydroxylation is 1. The number of para-hydroxylation sites is 1. The van der Waals surface area contributed by atoms with Crippen LogP contribution in [0.5, 0.6) is 0 Å². The minimum absolute atomic E-state index is 0.0433. The van der Waals surface area contributed by atoms with Crippen LogP contribution in [0.3, 0.4) is 0 Å². The van der Waals surface area contributed by atoms with Crippen molar-refractivity contribution in [1.29, 1.82) is 0 Å². The van der Waals surface area contributed by atoms with Crippen LogP contribution in [0.25, 0.3) is 21.9 Å². The molecule has 5 aromatic rings. The Labute approximate surface area is 198 Å². The van der Waals surface area contributed by atoms with Crippen LogP contribution in [0, 0.1) is 11.6 Å². The van der Waals surface area contributed by atoms with Gasteiger partial charge in [0.1, 0.15) is 17.3 Å². The minimum atomic E-state index is -0.705. The van der Waals surface area contributed by atoms with E-state index in [0.29, 0.717) is 36.0 Å². The van der Waals surface area contributed by atoms with Gasteiger partial charge in [-0.25, -0.2) is 18.4 Å². The fourth-order valence-electron chi connectivity index (χ4n) is 4.37. The third-order valence-corrected chi connectivity index (χ3v) is 6.19. The SMILES string of the molecule is Cn1ncc2cc(Nc3ncc4c(Nc5c(F)cccc5F)nn(C5CCOCC5)c4n3)ccc21. The van der Waals surface area contributed by atoms with Gasteiger partial charge in [0.05, 0.1) is 23.1 Å². The van der Waals surface area contributed by atoms with Crippen molar-refractivity contribution in [2.45, 2.75) is 18.9 Å². The summed E-state index contributed by atoms with van der Waals surface area (Å²) in [5.74, 6) is -0.732. The van der Waals surface area contributed by atoms with Gasteiger partial charge in [0, 0.05) is 37.5 Å². The molecule has 1 aliphatic rings. The molecule has 0 atom stereocenters. The van der Waals surface area contributed by atoms with Crippen molar-refractivity contribution in [3.8, 4) is 0 Å². The van der Waals surface area contributed by atoms with Crippen LogP contribution >= 0.6 is 0 Å². The smallest absolute Gasteiger partial charge is 0.229 e. The summed E-state index contributed by atoms with van der Waals surface area (Å²) in [5, 5.41) is 16.5. The summed E-state index contributed by atoms with van der Waals surface area (Å²) in [7, 11) is 1.89. The summed E-state index contributed by atoms with van der Waals surface area (Å²) in [5.41, 5.74) is 2.13. The van der Waals surface area contributed by atoms with Crippen molar-refractivity contribution < 1.29 is 13.5 Å². The van der Waals surface area contributed by atoms with E-state index in [1.165, 1.54) is 18.2 Å². The second-order valence-corrected chi connectivity index (χ2v) is 8.46. The Kier molecular flexibility index (Phi) is 5.25. The number of benzene rings is 2. The molecule has 0 unspecified atom stereocenters. The van der Waals surface area contributed by atoms with Gasteiger partial charge in [-0.15, -0.1) is 0 Å². The standard InChI is InChI=1S/C24H22F2N8O/c1-33-20-6-5-15(11-14(20)12-28-33)29-24-27-13-17-22(30-21-18(25)3-2-4-19(21)26)32-34(23(17)31-24)16-7-9-35-10-8-16/h2-6,11-13,16H,7-10H2,1H3,(H,30,32)(H,27,29,31). The first-order valence-electron chi connectivity index (χ1n) is 11.3. The average molecular weight is 476 g/mol. The second-order valence-electron chi connectivity index (χ2n) is 8.46. The molecule has 3 aromatic heterocycles. The zero-order valence-electron chi connectivity index (χ0n) is 18.9. The van der Waals surface area contributed by atoms with Gasteiger partial charge in [0.15, 0.2) is 11.5 Å². The van der Waals surface area contributed by atoms with Gasteiger partial charge in [-0.2, -0.15) is 15.2 Å². The van der Waals surface area contributed by atoms with Crippen molar-refractivity contribution in [2.75, 3.05) is 23.8 Å². The van der Waals surface area contributed by atoms with Crippen LogP contribution in [0.2, 0.25) is 0 Å². The first-order chi connectivity index (χ1) is 17.1. The highest BCUT2D eigenvalue weighted by Gasteiger charge is 2.23. The summed E-state index contributed by atoms with van der Waals surface area (Å²) >= 11 is 0. The van der Waals surface area contributed by atoms with E-state index in [1.54, 1.807) is 21.8 Å². The van der Waals surface area contributed by atoms with Crippen LogP contribution in [-0.2, 0) is 11.8 Å². The summed E-state index contributed by atoms with van der Waals surface area (Å²) in [4.78, 5) is 9.17. The maximum atomic E-state index is 14.3. The number of halogens is 2. The van der Waals surface area contributed by atoms with Gasteiger partial charge < -0.3 is 15.4 Å². The predicted molar refractivity (Wildman–Crippen MR) is 128 cm³/mol. The quantitative estimate of drug-likeness (QED) is 0.375. The van der Waals surface area contributed by atoms with Gasteiger partial charge in [-0.3, -0.25) is 4.68 Å². The van der Waals surface area contributed by atoms with Crippen LogP contribution in [0.1, 0.15) is 18.9 Å². The monoisotopic (exact) mass is 476 g/mol. The minimum Gasteiger partial charge on any atom is -0.381 e. The molecule has 0 aliphatic carbocycles. The molecule has 9 nitrogen and oxygen atoms in total. The maximum Gasteiger partial charge on any atom is 0.229 e. The normalized spacial score (nSPS) is 14.6. The summed E-state index contributed by atoms with van der Waals surface area (Å²) in [6, 6.07) is 9.63. The molecule has 0 amide bonds. The highest BCUT2D eigenvalue weighted by molar-refractivity contribution is 5.90. The third-order valence-electron chi connectivity index (χ3n) is 6.19. The van der Waals surface area contributed by atoms with Gasteiger partial charge in [-0.1, -0.05) is 6.07 Å². The topological polar surface area (TPSA) is 94.7 Å². The molecule has 178 valence electrons. The van der Waals surface area contributed by atoms with E-state index in [2.05, 4.69) is 25.8 Å². The van der Waals surface area contributed by atoms with E-state index < -0.39 is 11.6 Å². The Morgan fingerprint density at radius 2 is 1.83 bits per heavy atom. The van der Waals surface area contributed by atoms with E-state index in [1.807, 2.05) is 25.2 Å². The number of fused-ring (bicyclic) bond motifs is 2. The van der Waals surface area contributed by atoms with Crippen LogP contribution in [0.15, 0.2) is 48.8 Å². The molecule has 1 fully saturated rings. The number of aromatic nitrogens is 6. The van der Waals surface area contributed by atoms with Crippen LogP contribution < -0.4 is 10.6 Å². The number of rotatable bonds is 5. The average Bonchev–Trinajstić information content (AvgIpc) is 3.42. The van der Waals surface area contributed by atoms with Crippen LogP contribution in [-0.4, -0.2) is 42.7 Å². The molecule has 0 radical (unpaired) electrons. The Hall–Kier alpha value is -4.12. The molecular weight excluding hydrogens is 454 g/mol. The van der Waals surface area contributed by atoms with Gasteiger partial charge in [0.25, 0.3) is 0 Å². The molecule has 0 spiro atoms. The fraction of sp³-hybridized carbons (Fsp3) is 0.250. The Morgan fingerprint density at radius 1 is 1.03 bits per heavy atom. The Balaban J connectivity index is 1.40. The van der Waals surface area contributed by atoms with E-state index in [9.17, 15) is 8.78 Å². The largest absolute Gasteiger partial charge is 0.381 e. The third kappa shape index (κ3) is 3.93. The molecule has 1 saturated heterocycles. The van der Waals surface area contributed by atoms with E-state index >= 15 is 0 Å². The highest BCUT2D eigenvalue weighted by atomic mass is 19.1. The lowest BCUT2D eigenvalue weighted by atomic mass is 10.1. The zero-order chi connectivity index (χ0) is 23.9. The molecule has 11 heteroatoms. The van der Waals surface area contributed by atoms with Crippen LogP contribution in [0.4, 0.5) is 31.9 Å². The van der Waals surface area contributed by atoms with Crippen molar-refractivity contribution in [3.05, 3.63) is 60.4 Å². The van der Waals surface area contributed by atoms with E-state index in [4.69, 9.17) is 9.72 Å². The van der Waals surface area contributed by atoms with Gasteiger partial charge in [-0.05, 0) is 43.2 Å². The molecule has 6 rings (SSSR count). The predicted octanol–water partition coefficient (Wildman–Crippen LogP) is 4.83. The number of hydrogen-bond donors (Lipinski definition) is 2. The first-order valence-corrected chi connectivity index (χ1v) is 11.3. The molecular formula is C24H22F2N8O. The summed E-state index contributed by atoms with van der Waals surface area (Å²) in [6.45, 7) is 1.22. The molecule has 0 bridgehead atoms. The van der Waals surface area contributed by atoms with Crippen molar-refractivity contribution in [3.63, 3.8) is 0 Å². The maximum absolute atomic E-state index is 14.3. The zero-order valence-corrected chi connectivity index (χ0v) is 18.9. The summed E-state index contributed by atoms with van der Waals surface area (Å²) in [6.07, 6.45) is 4.92. The number of nitrogens with one attached hydrogen (secondary N) is 2. The summed E-state index contributed by atoms with van der Waals surface area (Å²) < 4.78 is 37.7. The fourth-order valence-corrected chi connectivity index (χ4v) is 4.37. The number of anilines is 4. The number of hydrogen-bond acceptors (Lipinski definition) is 7. The number of nitrogens with zero attached hydrogens (tertiary/aromatic N) is 6. The van der Waals surface area contributed by atoms with Gasteiger partial charge >= 0.3 is 0 Å². The molecule has 2 aromatic carbocycles. The molecule has 1 aliphatic heterocycles.